The molecule has 27 heavy (non-hydrogen) atoms. The fourth-order valence-electron chi connectivity index (χ4n) is 3.30. The average molecular weight is 376 g/mol. The van der Waals surface area contributed by atoms with Crippen molar-refractivity contribution in [3.63, 3.8) is 0 Å². The molecular weight excluding hydrogens is 354 g/mol. The van der Waals surface area contributed by atoms with Gasteiger partial charge in [-0.05, 0) is 35.7 Å². The molecule has 0 saturated carbocycles. The van der Waals surface area contributed by atoms with Crippen LogP contribution in [0.3, 0.4) is 0 Å². The van der Waals surface area contributed by atoms with Crippen molar-refractivity contribution < 1.29 is 0 Å². The monoisotopic (exact) mass is 375 g/mol. The van der Waals surface area contributed by atoms with Gasteiger partial charge in [0.25, 0.3) is 0 Å². The largest absolute Gasteiger partial charge is 0.307 e. The summed E-state index contributed by atoms with van der Waals surface area (Å²) >= 11 is 6.28. The number of nitrogens with zero attached hydrogens (tertiary/aromatic N) is 2. The lowest BCUT2D eigenvalue weighted by atomic mass is 10.1. The van der Waals surface area contributed by atoms with Gasteiger partial charge in [0.1, 0.15) is 5.65 Å². The van der Waals surface area contributed by atoms with Gasteiger partial charge in [-0.3, -0.25) is 0 Å². The minimum Gasteiger partial charge on any atom is -0.307 e. The van der Waals surface area contributed by atoms with Gasteiger partial charge >= 0.3 is 0 Å². The van der Waals surface area contributed by atoms with Crippen molar-refractivity contribution in [3.8, 4) is 11.3 Å². The third-order valence-electron chi connectivity index (χ3n) is 4.83. The molecule has 2 aromatic carbocycles. The summed E-state index contributed by atoms with van der Waals surface area (Å²) in [7, 11) is 0. The summed E-state index contributed by atoms with van der Waals surface area (Å²) in [5.74, 6) is 0. The van der Waals surface area contributed by atoms with E-state index in [9.17, 15) is 0 Å². The van der Waals surface area contributed by atoms with E-state index in [1.807, 2.05) is 42.5 Å². The maximum Gasteiger partial charge on any atom is 0.137 e. The zero-order chi connectivity index (χ0) is 18.6. The third-order valence-corrected chi connectivity index (χ3v) is 5.20. The van der Waals surface area contributed by atoms with Crippen molar-refractivity contribution in [2.75, 3.05) is 0 Å². The topological polar surface area (TPSA) is 29.3 Å². The fourth-order valence-corrected chi connectivity index (χ4v) is 3.50. The summed E-state index contributed by atoms with van der Waals surface area (Å²) in [6, 6.07) is 22.7. The van der Waals surface area contributed by atoms with Gasteiger partial charge in [-0.25, -0.2) is 4.98 Å². The minimum atomic E-state index is 0.710. The number of rotatable bonds is 6. The first-order valence-electron chi connectivity index (χ1n) is 9.25. The summed E-state index contributed by atoms with van der Waals surface area (Å²) < 4.78 is 2.16. The SMILES string of the molecule is CCc1ccc(-c2nc3ccccn3c2CNCc2ccccc2Cl)cc1. The smallest absolute Gasteiger partial charge is 0.137 e. The average Bonchev–Trinajstić information content (AvgIpc) is 3.08. The number of nitrogens with one attached hydrogen (secondary N) is 1. The van der Waals surface area contributed by atoms with Gasteiger partial charge in [-0.2, -0.15) is 0 Å². The number of aryl methyl sites for hydroxylation is 1. The molecule has 0 aliphatic carbocycles. The van der Waals surface area contributed by atoms with Crippen molar-refractivity contribution in [2.24, 2.45) is 0 Å². The summed E-state index contributed by atoms with van der Waals surface area (Å²) in [6.45, 7) is 3.60. The molecule has 2 heterocycles. The number of hydrogen-bond donors (Lipinski definition) is 1. The molecule has 4 rings (SSSR count). The van der Waals surface area contributed by atoms with E-state index >= 15 is 0 Å². The molecule has 0 aliphatic heterocycles. The van der Waals surface area contributed by atoms with Crippen molar-refractivity contribution in [1.82, 2.24) is 14.7 Å². The number of fused-ring (bicyclic) bond motifs is 1. The predicted molar refractivity (Wildman–Crippen MR) is 112 cm³/mol. The summed E-state index contributed by atoms with van der Waals surface area (Å²) in [6.07, 6.45) is 3.11. The van der Waals surface area contributed by atoms with Crippen molar-refractivity contribution in [3.05, 3.63) is 94.8 Å². The van der Waals surface area contributed by atoms with E-state index in [-0.39, 0.29) is 0 Å². The van der Waals surface area contributed by atoms with Gasteiger partial charge in [-0.15, -0.1) is 0 Å². The Labute approximate surface area is 164 Å². The molecular formula is C23H22ClN3. The normalized spacial score (nSPS) is 11.2. The van der Waals surface area contributed by atoms with Crippen LogP contribution >= 0.6 is 11.6 Å². The van der Waals surface area contributed by atoms with Crippen molar-refractivity contribution >= 4 is 17.2 Å². The Morgan fingerprint density at radius 3 is 2.48 bits per heavy atom. The van der Waals surface area contributed by atoms with E-state index in [1.165, 1.54) is 5.56 Å². The summed E-state index contributed by atoms with van der Waals surface area (Å²) in [4.78, 5) is 4.88. The lowest BCUT2D eigenvalue weighted by molar-refractivity contribution is 0.677. The Hall–Kier alpha value is -2.62. The van der Waals surface area contributed by atoms with Gasteiger partial charge < -0.3 is 9.72 Å². The highest BCUT2D eigenvalue weighted by Crippen LogP contribution is 2.25. The number of pyridine rings is 1. The van der Waals surface area contributed by atoms with Gasteiger partial charge in [0.2, 0.25) is 0 Å². The Morgan fingerprint density at radius 1 is 0.926 bits per heavy atom. The minimum absolute atomic E-state index is 0.710. The van der Waals surface area contributed by atoms with Crippen LogP contribution in [-0.4, -0.2) is 9.38 Å². The second-order valence-electron chi connectivity index (χ2n) is 6.58. The molecule has 3 nitrogen and oxygen atoms in total. The number of hydrogen-bond acceptors (Lipinski definition) is 2. The molecule has 1 N–H and O–H groups in total. The van der Waals surface area contributed by atoms with E-state index in [4.69, 9.17) is 16.6 Å². The highest BCUT2D eigenvalue weighted by atomic mass is 35.5. The van der Waals surface area contributed by atoms with Crippen LogP contribution in [0.15, 0.2) is 72.9 Å². The standard InChI is InChI=1S/C23H22ClN3/c1-2-17-10-12-18(13-11-17)23-21(27-14-6-5-9-22(27)26-23)16-25-15-19-7-3-4-8-20(19)24/h3-14,25H,2,15-16H2,1H3. The van der Waals surface area contributed by atoms with Crippen molar-refractivity contribution in [2.45, 2.75) is 26.4 Å². The van der Waals surface area contributed by atoms with Gasteiger partial charge in [0, 0.05) is 29.9 Å². The maximum atomic E-state index is 6.28. The van der Waals surface area contributed by atoms with Crippen molar-refractivity contribution in [1.29, 1.82) is 0 Å². The number of aromatic nitrogens is 2. The van der Waals surface area contributed by atoms with Gasteiger partial charge in [0.05, 0.1) is 11.4 Å². The van der Waals surface area contributed by atoms with Crippen LogP contribution < -0.4 is 5.32 Å². The van der Waals surface area contributed by atoms with Crippen LogP contribution in [0.5, 0.6) is 0 Å². The van der Waals surface area contributed by atoms with Gasteiger partial charge in [-0.1, -0.05) is 67.1 Å². The van der Waals surface area contributed by atoms with Crippen LogP contribution in [0, 0.1) is 0 Å². The van der Waals surface area contributed by atoms with Crippen LogP contribution in [-0.2, 0) is 19.5 Å². The Balaban J connectivity index is 1.64. The number of halogens is 1. The lowest BCUT2D eigenvalue weighted by Gasteiger charge is -2.09. The lowest BCUT2D eigenvalue weighted by Crippen LogP contribution is -2.15. The second kappa shape index (κ2) is 7.95. The predicted octanol–water partition coefficient (Wildman–Crippen LogP) is 5.51. The molecule has 4 heteroatoms. The third kappa shape index (κ3) is 3.75. The molecule has 0 fully saturated rings. The van der Waals surface area contributed by atoms with Crippen LogP contribution in [0.4, 0.5) is 0 Å². The molecule has 2 aromatic heterocycles. The van der Waals surface area contributed by atoms with Crippen LogP contribution in [0.25, 0.3) is 16.9 Å². The van der Waals surface area contributed by atoms with Gasteiger partial charge in [0.15, 0.2) is 0 Å². The molecule has 0 atom stereocenters. The Morgan fingerprint density at radius 2 is 1.70 bits per heavy atom. The Kier molecular flexibility index (Phi) is 5.23. The molecule has 136 valence electrons. The zero-order valence-electron chi connectivity index (χ0n) is 15.3. The van der Waals surface area contributed by atoms with Crippen LogP contribution in [0.1, 0.15) is 23.7 Å². The first-order valence-corrected chi connectivity index (χ1v) is 9.63. The fraction of sp³-hybridized carbons (Fsp3) is 0.174. The van der Waals surface area contributed by atoms with E-state index in [2.05, 4.69) is 47.1 Å². The van der Waals surface area contributed by atoms with E-state index in [0.29, 0.717) is 13.1 Å². The number of imidazole rings is 1. The Bertz CT molecular complexity index is 1050. The molecule has 0 radical (unpaired) electrons. The van der Waals surface area contributed by atoms with E-state index in [0.717, 1.165) is 39.6 Å². The summed E-state index contributed by atoms with van der Waals surface area (Å²) in [5, 5.41) is 4.31. The summed E-state index contributed by atoms with van der Waals surface area (Å²) in [5.41, 5.74) is 6.72. The first kappa shape index (κ1) is 17.8. The highest BCUT2D eigenvalue weighted by Gasteiger charge is 2.13. The van der Waals surface area contributed by atoms with Crippen LogP contribution in [0.2, 0.25) is 5.02 Å². The maximum absolute atomic E-state index is 6.28. The van der Waals surface area contributed by atoms with E-state index < -0.39 is 0 Å². The molecule has 0 amide bonds. The quantitative estimate of drug-likeness (QED) is 0.481. The molecule has 0 saturated heterocycles. The number of benzene rings is 2. The second-order valence-corrected chi connectivity index (χ2v) is 6.99. The molecule has 0 unspecified atom stereocenters. The molecule has 0 bridgehead atoms. The van der Waals surface area contributed by atoms with E-state index in [1.54, 1.807) is 0 Å². The molecule has 0 aliphatic rings. The zero-order valence-corrected chi connectivity index (χ0v) is 16.1. The molecule has 4 aromatic rings. The highest BCUT2D eigenvalue weighted by molar-refractivity contribution is 6.31. The first-order chi connectivity index (χ1) is 13.3. The molecule has 0 spiro atoms.